The molecule has 24 heavy (non-hydrogen) atoms. The first-order valence-corrected chi connectivity index (χ1v) is 8.83. The van der Waals surface area contributed by atoms with Crippen molar-refractivity contribution in [2.45, 2.75) is 29.9 Å². The lowest BCUT2D eigenvalue weighted by molar-refractivity contribution is -0.116. The van der Waals surface area contributed by atoms with Crippen LogP contribution in [0.1, 0.15) is 24.8 Å². The maximum atomic E-state index is 12.7. The Morgan fingerprint density at radius 1 is 1.04 bits per heavy atom. The second-order valence-corrected chi connectivity index (χ2v) is 7.25. The summed E-state index contributed by atoms with van der Waals surface area (Å²) in [5.41, 5.74) is 0.823. The van der Waals surface area contributed by atoms with E-state index in [-0.39, 0.29) is 18.0 Å². The van der Waals surface area contributed by atoms with Gasteiger partial charge in [-0.2, -0.15) is 8.78 Å². The van der Waals surface area contributed by atoms with Gasteiger partial charge in [0.15, 0.2) is 0 Å². The van der Waals surface area contributed by atoms with Crippen LogP contribution in [0.3, 0.4) is 0 Å². The summed E-state index contributed by atoms with van der Waals surface area (Å²) in [6, 6.07) is 14.5. The normalized spacial score (nSPS) is 12.8. The molecule has 0 bridgehead atoms. The molecule has 1 amide bonds. The number of anilines is 1. The largest absolute Gasteiger partial charge is 0.341 e. The molecule has 1 atom stereocenters. The highest BCUT2D eigenvalue weighted by Crippen LogP contribution is 2.27. The van der Waals surface area contributed by atoms with Gasteiger partial charge in [0.2, 0.25) is 15.7 Å². The van der Waals surface area contributed by atoms with E-state index in [4.69, 9.17) is 0 Å². The number of benzene rings is 2. The monoisotopic (exact) mass is 353 g/mol. The zero-order valence-corrected chi connectivity index (χ0v) is 13.8. The van der Waals surface area contributed by atoms with Crippen molar-refractivity contribution < 1.29 is 22.0 Å². The second-order valence-electron chi connectivity index (χ2n) is 5.37. The van der Waals surface area contributed by atoms with E-state index in [0.29, 0.717) is 0 Å². The molecule has 1 unspecified atom stereocenters. The first-order chi connectivity index (χ1) is 11.3. The topological polar surface area (TPSA) is 63.2 Å². The predicted molar refractivity (Wildman–Crippen MR) is 87.7 cm³/mol. The van der Waals surface area contributed by atoms with Gasteiger partial charge in [0, 0.05) is 6.42 Å². The molecule has 2 aromatic carbocycles. The Kier molecular flexibility index (Phi) is 5.66. The van der Waals surface area contributed by atoms with Crippen molar-refractivity contribution in [1.29, 1.82) is 0 Å². The van der Waals surface area contributed by atoms with Crippen molar-refractivity contribution in [3.8, 4) is 0 Å². The molecule has 0 saturated carbocycles. The van der Waals surface area contributed by atoms with Crippen LogP contribution in [0, 0.1) is 0 Å². The van der Waals surface area contributed by atoms with Crippen LogP contribution in [0.4, 0.5) is 14.5 Å². The van der Waals surface area contributed by atoms with Crippen LogP contribution in [0.25, 0.3) is 0 Å². The zero-order chi connectivity index (χ0) is 17.7. The van der Waals surface area contributed by atoms with E-state index in [9.17, 15) is 22.0 Å². The molecule has 0 radical (unpaired) electrons. The van der Waals surface area contributed by atoms with Gasteiger partial charge >= 0.3 is 5.76 Å². The van der Waals surface area contributed by atoms with E-state index < -0.39 is 26.4 Å². The molecular weight excluding hydrogens is 336 g/mol. The third-order valence-corrected chi connectivity index (χ3v) is 5.00. The summed E-state index contributed by atoms with van der Waals surface area (Å²) >= 11 is 0. The number of carbonyl (C=O) groups excluding carboxylic acids is 1. The van der Waals surface area contributed by atoms with E-state index in [1.165, 1.54) is 18.2 Å². The van der Waals surface area contributed by atoms with E-state index in [2.05, 4.69) is 5.32 Å². The average Bonchev–Trinajstić information content (AvgIpc) is 2.55. The minimum absolute atomic E-state index is 0.0925. The minimum Gasteiger partial charge on any atom is -0.325 e. The fourth-order valence-corrected chi connectivity index (χ4v) is 3.18. The Morgan fingerprint density at radius 2 is 1.62 bits per heavy atom. The molecule has 128 valence electrons. The van der Waals surface area contributed by atoms with Gasteiger partial charge in [-0.3, -0.25) is 4.79 Å². The number of halogens is 2. The van der Waals surface area contributed by atoms with Crippen LogP contribution < -0.4 is 5.32 Å². The first kappa shape index (κ1) is 18.1. The third-order valence-electron chi connectivity index (χ3n) is 3.56. The van der Waals surface area contributed by atoms with Crippen LogP contribution in [0.15, 0.2) is 59.5 Å². The number of para-hydroxylation sites is 1. The fraction of sp³-hybridized carbons (Fsp3) is 0.235. The molecule has 0 aliphatic heterocycles. The van der Waals surface area contributed by atoms with Crippen LogP contribution >= 0.6 is 0 Å². The Balaban J connectivity index is 2.16. The molecule has 1 N–H and O–H groups in total. The lowest BCUT2D eigenvalue weighted by Crippen LogP contribution is -2.18. The highest BCUT2D eigenvalue weighted by molar-refractivity contribution is 7.91. The van der Waals surface area contributed by atoms with Crippen molar-refractivity contribution in [3.63, 3.8) is 0 Å². The Labute approximate surface area is 139 Å². The fourth-order valence-electron chi connectivity index (χ4n) is 2.29. The Bertz CT molecular complexity index is 808. The molecule has 0 aliphatic carbocycles. The van der Waals surface area contributed by atoms with Gasteiger partial charge in [-0.25, -0.2) is 8.42 Å². The molecular formula is C17H17F2NO3S. The van der Waals surface area contributed by atoms with E-state index in [1.807, 2.05) is 37.3 Å². The second kappa shape index (κ2) is 7.53. The molecule has 0 heterocycles. The van der Waals surface area contributed by atoms with Crippen LogP contribution in [0.5, 0.6) is 0 Å². The maximum absolute atomic E-state index is 12.7. The quantitative estimate of drug-likeness (QED) is 0.859. The third kappa shape index (κ3) is 4.17. The van der Waals surface area contributed by atoms with E-state index in [1.54, 1.807) is 0 Å². The SMILES string of the molecule is CC(CC(=O)Nc1ccccc1S(=O)(=O)C(F)F)c1ccccc1. The predicted octanol–water partition coefficient (Wildman–Crippen LogP) is 3.82. The molecule has 0 fully saturated rings. The average molecular weight is 353 g/mol. The van der Waals surface area contributed by atoms with Crippen LogP contribution in [-0.2, 0) is 14.6 Å². The highest BCUT2D eigenvalue weighted by Gasteiger charge is 2.29. The summed E-state index contributed by atoms with van der Waals surface area (Å²) < 4.78 is 48.8. The number of rotatable bonds is 6. The molecule has 2 aromatic rings. The molecule has 4 nitrogen and oxygen atoms in total. The first-order valence-electron chi connectivity index (χ1n) is 7.28. The van der Waals surface area contributed by atoms with Gasteiger partial charge in [-0.1, -0.05) is 49.4 Å². The number of hydrogen-bond acceptors (Lipinski definition) is 3. The lowest BCUT2D eigenvalue weighted by atomic mass is 9.97. The number of nitrogens with one attached hydrogen (secondary N) is 1. The molecule has 0 spiro atoms. The van der Waals surface area contributed by atoms with Gasteiger partial charge in [-0.05, 0) is 23.6 Å². The van der Waals surface area contributed by atoms with Gasteiger partial charge in [0.25, 0.3) is 0 Å². The van der Waals surface area contributed by atoms with Crippen molar-refractivity contribution in [3.05, 3.63) is 60.2 Å². The van der Waals surface area contributed by atoms with Gasteiger partial charge in [0.05, 0.1) is 10.6 Å². The molecule has 0 saturated heterocycles. The maximum Gasteiger partial charge on any atom is 0.341 e. The molecule has 0 aliphatic rings. The van der Waals surface area contributed by atoms with E-state index in [0.717, 1.165) is 11.6 Å². The molecule has 7 heteroatoms. The number of alkyl halides is 2. The van der Waals surface area contributed by atoms with Gasteiger partial charge < -0.3 is 5.32 Å². The van der Waals surface area contributed by atoms with Crippen LogP contribution in [0.2, 0.25) is 0 Å². The number of sulfone groups is 1. The summed E-state index contributed by atoms with van der Waals surface area (Å²) in [5.74, 6) is -4.08. The standard InChI is InChI=1S/C17H17F2NO3S/c1-12(13-7-3-2-4-8-13)11-16(21)20-14-9-5-6-10-15(14)24(22,23)17(18)19/h2-10,12,17H,11H2,1H3,(H,20,21). The van der Waals surface area contributed by atoms with Crippen LogP contribution in [-0.4, -0.2) is 20.1 Å². The smallest absolute Gasteiger partial charge is 0.325 e. The summed E-state index contributed by atoms with van der Waals surface area (Å²) in [5, 5.41) is 2.42. The number of amides is 1. The van der Waals surface area contributed by atoms with Crippen molar-refractivity contribution >= 4 is 21.4 Å². The number of carbonyl (C=O) groups is 1. The van der Waals surface area contributed by atoms with Crippen molar-refractivity contribution in [2.24, 2.45) is 0 Å². The van der Waals surface area contributed by atoms with E-state index >= 15 is 0 Å². The van der Waals surface area contributed by atoms with Crippen molar-refractivity contribution in [1.82, 2.24) is 0 Å². The summed E-state index contributed by atoms with van der Waals surface area (Å²) in [7, 11) is -4.78. The molecule has 2 rings (SSSR count). The van der Waals surface area contributed by atoms with Gasteiger partial charge in [-0.15, -0.1) is 0 Å². The summed E-state index contributed by atoms with van der Waals surface area (Å²) in [6.07, 6.45) is 0.104. The highest BCUT2D eigenvalue weighted by atomic mass is 32.2. The Hall–Kier alpha value is -2.28. The Morgan fingerprint density at radius 3 is 2.25 bits per heavy atom. The lowest BCUT2D eigenvalue weighted by Gasteiger charge is -2.14. The molecule has 0 aromatic heterocycles. The summed E-state index contributed by atoms with van der Waals surface area (Å²) in [6.45, 7) is 1.86. The number of hydrogen-bond donors (Lipinski definition) is 1. The van der Waals surface area contributed by atoms with Crippen molar-refractivity contribution in [2.75, 3.05) is 5.32 Å². The van der Waals surface area contributed by atoms with Gasteiger partial charge in [0.1, 0.15) is 0 Å². The minimum atomic E-state index is -4.78. The summed E-state index contributed by atoms with van der Waals surface area (Å²) in [4.78, 5) is 11.6. The zero-order valence-electron chi connectivity index (χ0n) is 12.9.